The summed E-state index contributed by atoms with van der Waals surface area (Å²) in [5, 5.41) is 20.4. The van der Waals surface area contributed by atoms with Gasteiger partial charge in [0, 0.05) is 28.7 Å². The molecule has 154 valence electrons. The standard InChI is InChI=1S/C22H20N2O6/c1-29-18-5-4-16-13(12(18)3-2-6-25)7-11-9-24-17(19(11)23-16)8-14-15(21(24)27)10-30-22(28)20(14)26/h4-5,7-8,20,25-26H,2-3,6,9-10H2,1H3. The van der Waals surface area contributed by atoms with E-state index in [0.717, 1.165) is 27.8 Å². The van der Waals surface area contributed by atoms with Crippen molar-refractivity contribution in [3.8, 4) is 17.1 Å². The fourth-order valence-electron chi connectivity index (χ4n) is 4.34. The van der Waals surface area contributed by atoms with Crippen LogP contribution in [0.2, 0.25) is 0 Å². The van der Waals surface area contributed by atoms with Gasteiger partial charge >= 0.3 is 5.97 Å². The van der Waals surface area contributed by atoms with Gasteiger partial charge in [-0.25, -0.2) is 9.78 Å². The molecule has 5 rings (SSSR count). The number of carbonyl (C=O) groups excluding carboxylic acids is 1. The van der Waals surface area contributed by atoms with Crippen molar-refractivity contribution in [2.45, 2.75) is 32.1 Å². The molecule has 2 N–H and O–H groups in total. The summed E-state index contributed by atoms with van der Waals surface area (Å²) in [5.74, 6) is -0.0169. The van der Waals surface area contributed by atoms with Gasteiger partial charge in [0.05, 0.1) is 36.1 Å². The van der Waals surface area contributed by atoms with Crippen LogP contribution in [0.3, 0.4) is 0 Å². The summed E-state index contributed by atoms with van der Waals surface area (Å²) in [6.45, 7) is 0.284. The van der Waals surface area contributed by atoms with Crippen molar-refractivity contribution in [1.29, 1.82) is 0 Å². The van der Waals surface area contributed by atoms with Crippen LogP contribution < -0.4 is 10.3 Å². The molecule has 3 aromatic rings. The van der Waals surface area contributed by atoms with E-state index >= 15 is 0 Å². The molecule has 8 nitrogen and oxygen atoms in total. The summed E-state index contributed by atoms with van der Waals surface area (Å²) < 4.78 is 12.0. The van der Waals surface area contributed by atoms with Crippen LogP contribution in [0, 0.1) is 0 Å². The van der Waals surface area contributed by atoms with Gasteiger partial charge in [-0.3, -0.25) is 4.79 Å². The number of ether oxygens (including phenoxy) is 2. The second kappa shape index (κ2) is 6.93. The molecule has 30 heavy (non-hydrogen) atoms. The van der Waals surface area contributed by atoms with Crippen LogP contribution >= 0.6 is 0 Å². The monoisotopic (exact) mass is 408 g/mol. The highest BCUT2D eigenvalue weighted by Gasteiger charge is 2.33. The smallest absolute Gasteiger partial charge is 0.340 e. The Hall–Kier alpha value is -3.23. The van der Waals surface area contributed by atoms with Crippen LogP contribution in [0.25, 0.3) is 22.3 Å². The third kappa shape index (κ3) is 2.64. The van der Waals surface area contributed by atoms with E-state index in [1.165, 1.54) is 0 Å². The van der Waals surface area contributed by atoms with Gasteiger partial charge in [0.25, 0.3) is 5.56 Å². The third-order valence-corrected chi connectivity index (χ3v) is 5.83. The zero-order chi connectivity index (χ0) is 21.0. The molecule has 0 spiro atoms. The first-order chi connectivity index (χ1) is 14.5. The number of fused-ring (bicyclic) bond motifs is 5. The second-order valence-corrected chi connectivity index (χ2v) is 7.50. The number of pyridine rings is 2. The minimum atomic E-state index is -1.47. The number of aliphatic hydroxyl groups is 2. The molecule has 0 bridgehead atoms. The molecule has 0 amide bonds. The number of cyclic esters (lactones) is 1. The number of nitrogens with zero attached hydrogens (tertiary/aromatic N) is 2. The van der Waals surface area contributed by atoms with Gasteiger partial charge in [0.1, 0.15) is 12.4 Å². The third-order valence-electron chi connectivity index (χ3n) is 5.83. The van der Waals surface area contributed by atoms with Crippen molar-refractivity contribution in [3.05, 3.63) is 56.9 Å². The van der Waals surface area contributed by atoms with E-state index in [2.05, 4.69) is 0 Å². The maximum atomic E-state index is 13.0. The maximum Gasteiger partial charge on any atom is 0.340 e. The molecule has 0 saturated heterocycles. The summed E-state index contributed by atoms with van der Waals surface area (Å²) in [5.41, 5.74) is 4.14. The van der Waals surface area contributed by atoms with Crippen molar-refractivity contribution in [2.75, 3.05) is 13.7 Å². The van der Waals surface area contributed by atoms with Gasteiger partial charge in [0.2, 0.25) is 0 Å². The van der Waals surface area contributed by atoms with Gasteiger partial charge < -0.3 is 24.3 Å². The fraction of sp³-hybridized carbons (Fsp3) is 0.318. The lowest BCUT2D eigenvalue weighted by atomic mass is 9.99. The van der Waals surface area contributed by atoms with Gasteiger partial charge in [-0.05, 0) is 37.1 Å². The number of aliphatic hydroxyl groups excluding tert-OH is 2. The Balaban J connectivity index is 1.71. The Labute approximate surface area is 171 Å². The quantitative estimate of drug-likeness (QED) is 0.492. The van der Waals surface area contributed by atoms with Crippen LogP contribution in [-0.4, -0.2) is 39.5 Å². The van der Waals surface area contributed by atoms with Crippen LogP contribution in [0.15, 0.2) is 29.1 Å². The Morgan fingerprint density at radius 2 is 2.13 bits per heavy atom. The summed E-state index contributed by atoms with van der Waals surface area (Å²) in [6, 6.07) is 7.39. The average Bonchev–Trinajstić information content (AvgIpc) is 3.11. The number of carbonyl (C=O) groups is 1. The largest absolute Gasteiger partial charge is 0.496 e. The fourth-order valence-corrected chi connectivity index (χ4v) is 4.34. The molecule has 0 fully saturated rings. The first kappa shape index (κ1) is 18.8. The lowest BCUT2D eigenvalue weighted by Crippen LogP contribution is -2.32. The molecule has 4 heterocycles. The van der Waals surface area contributed by atoms with E-state index in [9.17, 15) is 19.8 Å². The van der Waals surface area contributed by atoms with Crippen LogP contribution in [0.1, 0.15) is 34.8 Å². The van der Waals surface area contributed by atoms with Crippen LogP contribution in [0.4, 0.5) is 0 Å². The minimum absolute atomic E-state index is 0.0768. The number of hydrogen-bond acceptors (Lipinski definition) is 7. The SMILES string of the molecule is COc1ccc2nc3c(cc2c1CCCO)Cn1c-3cc2c(c1=O)COC(=O)C2O. The molecule has 1 aromatic carbocycles. The first-order valence-corrected chi connectivity index (χ1v) is 9.75. The Morgan fingerprint density at radius 3 is 2.90 bits per heavy atom. The lowest BCUT2D eigenvalue weighted by molar-refractivity contribution is -0.157. The van der Waals surface area contributed by atoms with E-state index in [4.69, 9.17) is 14.5 Å². The molecule has 0 aliphatic carbocycles. The van der Waals surface area contributed by atoms with E-state index < -0.39 is 12.1 Å². The molecule has 2 aliphatic rings. The molecule has 2 aromatic heterocycles. The van der Waals surface area contributed by atoms with E-state index in [1.807, 2.05) is 18.2 Å². The number of aromatic nitrogens is 2. The topological polar surface area (TPSA) is 111 Å². The minimum Gasteiger partial charge on any atom is -0.496 e. The van der Waals surface area contributed by atoms with Gasteiger partial charge in [-0.2, -0.15) is 0 Å². The summed E-state index contributed by atoms with van der Waals surface area (Å²) in [7, 11) is 1.61. The second-order valence-electron chi connectivity index (χ2n) is 7.50. The number of rotatable bonds is 4. The van der Waals surface area contributed by atoms with Crippen LogP contribution in [0.5, 0.6) is 5.75 Å². The number of hydrogen-bond donors (Lipinski definition) is 2. The van der Waals surface area contributed by atoms with E-state index in [1.54, 1.807) is 17.7 Å². The number of aryl methyl sites for hydroxylation is 1. The van der Waals surface area contributed by atoms with E-state index in [0.29, 0.717) is 36.3 Å². The highest BCUT2D eigenvalue weighted by Crippen LogP contribution is 2.37. The van der Waals surface area contributed by atoms with Gasteiger partial charge in [-0.15, -0.1) is 0 Å². The van der Waals surface area contributed by atoms with Crippen molar-refractivity contribution in [2.24, 2.45) is 0 Å². The number of esters is 1. The zero-order valence-corrected chi connectivity index (χ0v) is 16.3. The zero-order valence-electron chi connectivity index (χ0n) is 16.3. The van der Waals surface area contributed by atoms with Gasteiger partial charge in [0.15, 0.2) is 6.10 Å². The van der Waals surface area contributed by atoms with Crippen molar-refractivity contribution in [1.82, 2.24) is 9.55 Å². The van der Waals surface area contributed by atoms with Crippen molar-refractivity contribution in [3.63, 3.8) is 0 Å². The summed E-state index contributed by atoms with van der Waals surface area (Å²) >= 11 is 0. The Bertz CT molecular complexity index is 1260. The molecule has 0 saturated carbocycles. The molecule has 8 heteroatoms. The highest BCUT2D eigenvalue weighted by molar-refractivity contribution is 5.89. The summed E-state index contributed by atoms with van der Waals surface area (Å²) in [4.78, 5) is 29.6. The Kier molecular flexibility index (Phi) is 4.34. The molecular weight excluding hydrogens is 388 g/mol. The predicted octanol–water partition coefficient (Wildman–Crippen LogP) is 1.45. The van der Waals surface area contributed by atoms with Crippen molar-refractivity contribution < 1.29 is 24.5 Å². The molecular formula is C22H20N2O6. The maximum absolute atomic E-state index is 13.0. The number of methoxy groups -OCH3 is 1. The molecule has 0 radical (unpaired) electrons. The molecule has 1 atom stereocenters. The normalized spacial score (nSPS) is 16.8. The Morgan fingerprint density at radius 1 is 1.30 bits per heavy atom. The summed E-state index contributed by atoms with van der Waals surface area (Å²) in [6.07, 6.45) is -0.221. The predicted molar refractivity (Wildman–Crippen MR) is 107 cm³/mol. The first-order valence-electron chi connectivity index (χ1n) is 9.75. The number of benzene rings is 1. The average molecular weight is 408 g/mol. The van der Waals surface area contributed by atoms with E-state index in [-0.39, 0.29) is 24.3 Å². The molecule has 2 aliphatic heterocycles. The van der Waals surface area contributed by atoms with Gasteiger partial charge in [-0.1, -0.05) is 0 Å². The molecule has 1 unspecified atom stereocenters. The lowest BCUT2D eigenvalue weighted by Gasteiger charge is -2.21. The van der Waals surface area contributed by atoms with Crippen molar-refractivity contribution >= 4 is 16.9 Å². The highest BCUT2D eigenvalue weighted by atomic mass is 16.5. The van der Waals surface area contributed by atoms with Crippen LogP contribution in [-0.2, 0) is 29.1 Å².